The standard InChI is InChI=1S/C15H17NO/c1-10-11-6-2-4-8-13(11)16-15-12(10)7-3-5-9-14(15)17/h2,4,6,8,14,17H,3,5,7,9H2,1H3. The van der Waals surface area contributed by atoms with Gasteiger partial charge in [0.15, 0.2) is 0 Å². The molecular weight excluding hydrogens is 210 g/mol. The van der Waals surface area contributed by atoms with E-state index in [2.05, 4.69) is 24.0 Å². The number of para-hydroxylation sites is 1. The van der Waals surface area contributed by atoms with Gasteiger partial charge >= 0.3 is 0 Å². The van der Waals surface area contributed by atoms with E-state index in [0.29, 0.717) is 0 Å². The van der Waals surface area contributed by atoms with Gasteiger partial charge in [-0.2, -0.15) is 0 Å². The Labute approximate surface area is 101 Å². The number of rotatable bonds is 0. The number of hydrogen-bond donors (Lipinski definition) is 1. The average molecular weight is 227 g/mol. The Morgan fingerprint density at radius 1 is 1.24 bits per heavy atom. The van der Waals surface area contributed by atoms with Gasteiger partial charge in [0.05, 0.1) is 17.3 Å². The van der Waals surface area contributed by atoms with Crippen molar-refractivity contribution in [1.29, 1.82) is 0 Å². The molecule has 0 amide bonds. The SMILES string of the molecule is Cc1c2c(nc3ccccc13)C(O)CCCC2. The van der Waals surface area contributed by atoms with Crippen molar-refractivity contribution >= 4 is 10.9 Å². The van der Waals surface area contributed by atoms with Gasteiger partial charge in [0, 0.05) is 5.39 Å². The molecule has 2 aromatic rings. The van der Waals surface area contributed by atoms with Gasteiger partial charge < -0.3 is 5.11 Å². The highest BCUT2D eigenvalue weighted by atomic mass is 16.3. The largest absolute Gasteiger partial charge is 0.387 e. The maximum atomic E-state index is 10.2. The third-order valence-corrected chi connectivity index (χ3v) is 3.78. The van der Waals surface area contributed by atoms with Crippen LogP contribution < -0.4 is 0 Å². The highest BCUT2D eigenvalue weighted by molar-refractivity contribution is 5.83. The molecule has 0 radical (unpaired) electrons. The molecule has 1 aliphatic carbocycles. The van der Waals surface area contributed by atoms with Crippen LogP contribution in [-0.4, -0.2) is 10.1 Å². The Hall–Kier alpha value is -1.41. The Morgan fingerprint density at radius 3 is 2.94 bits per heavy atom. The monoisotopic (exact) mass is 227 g/mol. The first-order valence-corrected chi connectivity index (χ1v) is 6.33. The van der Waals surface area contributed by atoms with Crippen LogP contribution in [-0.2, 0) is 6.42 Å². The number of pyridine rings is 1. The van der Waals surface area contributed by atoms with Crippen molar-refractivity contribution in [2.75, 3.05) is 0 Å². The summed E-state index contributed by atoms with van der Waals surface area (Å²) in [5.41, 5.74) is 4.49. The fourth-order valence-corrected chi connectivity index (χ4v) is 2.81. The Bertz CT molecular complexity index is 562. The highest BCUT2D eigenvalue weighted by Gasteiger charge is 2.20. The van der Waals surface area contributed by atoms with Crippen molar-refractivity contribution in [2.45, 2.75) is 38.7 Å². The molecule has 1 aromatic carbocycles. The first kappa shape index (κ1) is 10.7. The first-order chi connectivity index (χ1) is 8.27. The number of aryl methyl sites for hydroxylation is 1. The third-order valence-electron chi connectivity index (χ3n) is 3.78. The number of benzene rings is 1. The van der Waals surface area contributed by atoms with Crippen LogP contribution in [0, 0.1) is 6.92 Å². The quantitative estimate of drug-likeness (QED) is 0.700. The summed E-state index contributed by atoms with van der Waals surface area (Å²) >= 11 is 0. The zero-order valence-electron chi connectivity index (χ0n) is 10.1. The summed E-state index contributed by atoms with van der Waals surface area (Å²) in [6, 6.07) is 8.20. The second-order valence-corrected chi connectivity index (χ2v) is 4.88. The lowest BCUT2D eigenvalue weighted by Gasteiger charge is -2.15. The predicted octanol–water partition coefficient (Wildman–Crippen LogP) is 3.30. The summed E-state index contributed by atoms with van der Waals surface area (Å²) in [4.78, 5) is 4.67. The van der Waals surface area contributed by atoms with Gasteiger partial charge in [-0.3, -0.25) is 0 Å². The second kappa shape index (κ2) is 4.11. The molecule has 1 unspecified atom stereocenters. The van der Waals surface area contributed by atoms with E-state index >= 15 is 0 Å². The summed E-state index contributed by atoms with van der Waals surface area (Å²) in [7, 11) is 0. The van der Waals surface area contributed by atoms with Crippen molar-refractivity contribution in [3.63, 3.8) is 0 Å². The van der Waals surface area contributed by atoms with Crippen LogP contribution in [0.2, 0.25) is 0 Å². The predicted molar refractivity (Wildman–Crippen MR) is 69.0 cm³/mol. The minimum absolute atomic E-state index is 0.379. The van der Waals surface area contributed by atoms with Crippen LogP contribution in [0.5, 0.6) is 0 Å². The number of nitrogens with zero attached hydrogens (tertiary/aromatic N) is 1. The van der Waals surface area contributed by atoms with E-state index in [0.717, 1.165) is 36.9 Å². The summed E-state index contributed by atoms with van der Waals surface area (Å²) < 4.78 is 0. The van der Waals surface area contributed by atoms with Gasteiger partial charge in [-0.25, -0.2) is 4.98 Å². The average Bonchev–Trinajstić information content (AvgIpc) is 2.53. The molecule has 0 saturated carbocycles. The molecule has 1 aliphatic rings. The molecule has 0 aliphatic heterocycles. The Balaban J connectivity index is 2.31. The van der Waals surface area contributed by atoms with Gasteiger partial charge in [0.25, 0.3) is 0 Å². The van der Waals surface area contributed by atoms with E-state index < -0.39 is 0 Å². The molecular formula is C15H17NO. The van der Waals surface area contributed by atoms with Crippen LogP contribution in [0.3, 0.4) is 0 Å². The summed E-state index contributed by atoms with van der Waals surface area (Å²) in [5, 5.41) is 11.4. The molecule has 1 N–H and O–H groups in total. The molecule has 88 valence electrons. The summed E-state index contributed by atoms with van der Waals surface area (Å²) in [6.07, 6.45) is 3.77. The van der Waals surface area contributed by atoms with Gasteiger partial charge in [-0.1, -0.05) is 24.6 Å². The molecule has 1 aromatic heterocycles. The molecule has 3 rings (SSSR count). The van der Waals surface area contributed by atoms with Crippen LogP contribution in [0.15, 0.2) is 24.3 Å². The van der Waals surface area contributed by atoms with E-state index in [-0.39, 0.29) is 6.10 Å². The maximum absolute atomic E-state index is 10.2. The van der Waals surface area contributed by atoms with Crippen molar-refractivity contribution < 1.29 is 5.11 Å². The number of hydrogen-bond acceptors (Lipinski definition) is 2. The minimum Gasteiger partial charge on any atom is -0.387 e. The fraction of sp³-hybridized carbons (Fsp3) is 0.400. The van der Waals surface area contributed by atoms with Gasteiger partial charge in [0.2, 0.25) is 0 Å². The Morgan fingerprint density at radius 2 is 2.06 bits per heavy atom. The number of aliphatic hydroxyl groups excluding tert-OH is 1. The lowest BCUT2D eigenvalue weighted by Crippen LogP contribution is -2.05. The lowest BCUT2D eigenvalue weighted by molar-refractivity contribution is 0.162. The van der Waals surface area contributed by atoms with Gasteiger partial charge in [-0.05, 0) is 43.4 Å². The zero-order chi connectivity index (χ0) is 11.8. The molecule has 2 heteroatoms. The van der Waals surface area contributed by atoms with Crippen molar-refractivity contribution in [3.05, 3.63) is 41.1 Å². The van der Waals surface area contributed by atoms with Crippen molar-refractivity contribution in [3.8, 4) is 0 Å². The molecule has 0 spiro atoms. The normalized spacial score (nSPS) is 20.0. The van der Waals surface area contributed by atoms with Crippen molar-refractivity contribution in [1.82, 2.24) is 4.98 Å². The zero-order valence-corrected chi connectivity index (χ0v) is 10.1. The molecule has 17 heavy (non-hydrogen) atoms. The van der Waals surface area contributed by atoms with Crippen LogP contribution >= 0.6 is 0 Å². The molecule has 0 bridgehead atoms. The summed E-state index contributed by atoms with van der Waals surface area (Å²) in [6.45, 7) is 2.15. The molecule has 1 atom stereocenters. The molecule has 0 fully saturated rings. The van der Waals surface area contributed by atoms with Crippen molar-refractivity contribution in [2.24, 2.45) is 0 Å². The fourth-order valence-electron chi connectivity index (χ4n) is 2.81. The first-order valence-electron chi connectivity index (χ1n) is 6.33. The summed E-state index contributed by atoms with van der Waals surface area (Å²) in [5.74, 6) is 0. The molecule has 1 heterocycles. The highest BCUT2D eigenvalue weighted by Crippen LogP contribution is 2.32. The van der Waals surface area contributed by atoms with Gasteiger partial charge in [-0.15, -0.1) is 0 Å². The smallest absolute Gasteiger partial charge is 0.0962 e. The number of aromatic nitrogens is 1. The molecule has 2 nitrogen and oxygen atoms in total. The number of fused-ring (bicyclic) bond motifs is 2. The van der Waals surface area contributed by atoms with E-state index in [1.807, 2.05) is 12.1 Å². The minimum atomic E-state index is -0.379. The maximum Gasteiger partial charge on any atom is 0.0962 e. The van der Waals surface area contributed by atoms with E-state index in [4.69, 9.17) is 0 Å². The van der Waals surface area contributed by atoms with Crippen LogP contribution in [0.25, 0.3) is 10.9 Å². The Kier molecular flexibility index (Phi) is 2.60. The lowest BCUT2D eigenvalue weighted by atomic mass is 9.98. The van der Waals surface area contributed by atoms with E-state index in [1.165, 1.54) is 16.5 Å². The van der Waals surface area contributed by atoms with Crippen LogP contribution in [0.4, 0.5) is 0 Å². The number of aliphatic hydroxyl groups is 1. The van der Waals surface area contributed by atoms with Crippen LogP contribution in [0.1, 0.15) is 42.2 Å². The third kappa shape index (κ3) is 1.73. The van der Waals surface area contributed by atoms with E-state index in [9.17, 15) is 5.11 Å². The molecule has 0 saturated heterocycles. The second-order valence-electron chi connectivity index (χ2n) is 4.88. The topological polar surface area (TPSA) is 33.1 Å². The van der Waals surface area contributed by atoms with Gasteiger partial charge in [0.1, 0.15) is 0 Å². The van der Waals surface area contributed by atoms with E-state index in [1.54, 1.807) is 0 Å².